The minimum Gasteiger partial charge on any atom is -0.511 e. The van der Waals surface area contributed by atoms with E-state index >= 15 is 0 Å². The second kappa shape index (κ2) is 7.65. The standard InChI is InChI=1S/C22H30O4/c1-13(2)8-7-9-14(3)10-11-22(6)20(24)16(5)19-18(21(22)25)17(23)12-15(4)26-19/h8,10,15,24H,7,9,11-12H2,1-6H3/b14-10+. The SMILES string of the molecule is CC(C)=CCC/C(C)=C/CC1(C)C(=O)C2=C(OC(C)CC2=O)C(C)=C1O. The van der Waals surface area contributed by atoms with Crippen LogP contribution < -0.4 is 0 Å². The Morgan fingerprint density at radius 2 is 1.92 bits per heavy atom. The Hall–Kier alpha value is -2.10. The van der Waals surface area contributed by atoms with E-state index in [1.54, 1.807) is 20.8 Å². The van der Waals surface area contributed by atoms with Crippen LogP contribution in [0.15, 0.2) is 46.0 Å². The molecule has 2 unspecified atom stereocenters. The van der Waals surface area contributed by atoms with Crippen molar-refractivity contribution in [3.63, 3.8) is 0 Å². The summed E-state index contributed by atoms with van der Waals surface area (Å²) < 4.78 is 5.71. The van der Waals surface area contributed by atoms with Crippen LogP contribution in [0.1, 0.15) is 67.2 Å². The molecule has 0 bridgehead atoms. The summed E-state index contributed by atoms with van der Waals surface area (Å²) in [6.45, 7) is 11.4. The predicted molar refractivity (Wildman–Crippen MR) is 103 cm³/mol. The van der Waals surface area contributed by atoms with Crippen molar-refractivity contribution in [3.8, 4) is 0 Å². The van der Waals surface area contributed by atoms with E-state index in [9.17, 15) is 14.7 Å². The molecule has 0 aromatic rings. The van der Waals surface area contributed by atoms with E-state index in [0.717, 1.165) is 12.8 Å². The number of ketones is 2. The molecule has 0 amide bonds. The third-order valence-electron chi connectivity index (χ3n) is 5.19. The Morgan fingerprint density at radius 1 is 1.27 bits per heavy atom. The average Bonchev–Trinajstić information content (AvgIpc) is 2.55. The van der Waals surface area contributed by atoms with E-state index in [-0.39, 0.29) is 41.2 Å². The van der Waals surface area contributed by atoms with Gasteiger partial charge in [0, 0.05) is 12.0 Å². The van der Waals surface area contributed by atoms with Crippen LogP contribution in [0.3, 0.4) is 0 Å². The van der Waals surface area contributed by atoms with Crippen molar-refractivity contribution in [3.05, 3.63) is 46.0 Å². The van der Waals surface area contributed by atoms with Gasteiger partial charge in [-0.1, -0.05) is 23.3 Å². The van der Waals surface area contributed by atoms with Crippen molar-refractivity contribution in [2.24, 2.45) is 5.41 Å². The van der Waals surface area contributed by atoms with E-state index in [1.165, 1.54) is 11.1 Å². The van der Waals surface area contributed by atoms with Gasteiger partial charge in [0.1, 0.15) is 23.2 Å². The van der Waals surface area contributed by atoms with Gasteiger partial charge in [0.2, 0.25) is 0 Å². The molecule has 0 spiro atoms. The predicted octanol–water partition coefficient (Wildman–Crippen LogP) is 5.12. The number of hydrogen-bond donors (Lipinski definition) is 1. The summed E-state index contributed by atoms with van der Waals surface area (Å²) in [5.41, 5.74) is 1.96. The van der Waals surface area contributed by atoms with Crippen LogP contribution in [0.5, 0.6) is 0 Å². The lowest BCUT2D eigenvalue weighted by Gasteiger charge is -2.37. The van der Waals surface area contributed by atoms with Crippen LogP contribution in [-0.2, 0) is 14.3 Å². The molecule has 1 aliphatic carbocycles. The van der Waals surface area contributed by atoms with Gasteiger partial charge in [0.25, 0.3) is 0 Å². The largest absolute Gasteiger partial charge is 0.511 e. The number of aliphatic hydroxyl groups is 1. The molecule has 0 aromatic heterocycles. The van der Waals surface area contributed by atoms with Gasteiger partial charge in [0.05, 0.1) is 5.41 Å². The highest BCUT2D eigenvalue weighted by atomic mass is 16.5. The van der Waals surface area contributed by atoms with Gasteiger partial charge in [-0.3, -0.25) is 9.59 Å². The maximum atomic E-state index is 13.1. The molecule has 1 N–H and O–H groups in total. The number of carbonyl (C=O) groups excluding carboxylic acids is 2. The van der Waals surface area contributed by atoms with E-state index in [2.05, 4.69) is 19.9 Å². The summed E-state index contributed by atoms with van der Waals surface area (Å²) in [6, 6.07) is 0. The highest BCUT2D eigenvalue weighted by Crippen LogP contribution is 2.45. The van der Waals surface area contributed by atoms with Crippen LogP contribution in [0.25, 0.3) is 0 Å². The van der Waals surface area contributed by atoms with Crippen LogP contribution >= 0.6 is 0 Å². The number of rotatable bonds is 5. The third kappa shape index (κ3) is 3.84. The number of hydrogen-bond acceptors (Lipinski definition) is 4. The molecule has 26 heavy (non-hydrogen) atoms. The van der Waals surface area contributed by atoms with E-state index in [0.29, 0.717) is 12.0 Å². The quantitative estimate of drug-likeness (QED) is 0.547. The van der Waals surface area contributed by atoms with Gasteiger partial charge >= 0.3 is 0 Å². The van der Waals surface area contributed by atoms with Gasteiger partial charge in [-0.2, -0.15) is 0 Å². The summed E-state index contributed by atoms with van der Waals surface area (Å²) >= 11 is 0. The molecule has 2 rings (SSSR count). The lowest BCUT2D eigenvalue weighted by Crippen LogP contribution is -2.41. The summed E-state index contributed by atoms with van der Waals surface area (Å²) in [5, 5.41) is 10.7. The highest BCUT2D eigenvalue weighted by molar-refractivity contribution is 6.24. The zero-order valence-corrected chi connectivity index (χ0v) is 16.7. The first kappa shape index (κ1) is 20.2. The zero-order chi connectivity index (χ0) is 19.6. The molecule has 0 saturated heterocycles. The minimum absolute atomic E-state index is 0.0106. The Bertz CT molecular complexity index is 744. The molecule has 4 nitrogen and oxygen atoms in total. The third-order valence-corrected chi connectivity index (χ3v) is 5.19. The van der Waals surface area contributed by atoms with Crippen LogP contribution in [0, 0.1) is 5.41 Å². The Morgan fingerprint density at radius 3 is 2.54 bits per heavy atom. The van der Waals surface area contributed by atoms with Gasteiger partial charge in [-0.05, 0) is 60.8 Å². The van der Waals surface area contributed by atoms with Crippen LogP contribution in [0.2, 0.25) is 0 Å². The van der Waals surface area contributed by atoms with Crippen LogP contribution in [0.4, 0.5) is 0 Å². The number of aliphatic hydroxyl groups excluding tert-OH is 1. The lowest BCUT2D eigenvalue weighted by atomic mass is 9.70. The van der Waals surface area contributed by atoms with Crippen LogP contribution in [-0.4, -0.2) is 22.8 Å². The fourth-order valence-corrected chi connectivity index (χ4v) is 3.46. The second-order valence-corrected chi connectivity index (χ2v) is 7.97. The molecule has 0 saturated carbocycles. The summed E-state index contributed by atoms with van der Waals surface area (Å²) in [7, 11) is 0. The molecule has 4 heteroatoms. The molecular weight excluding hydrogens is 328 g/mol. The van der Waals surface area contributed by atoms with Crippen molar-refractivity contribution < 1.29 is 19.4 Å². The topological polar surface area (TPSA) is 63.6 Å². The molecule has 1 aliphatic heterocycles. The van der Waals surface area contributed by atoms with Gasteiger partial charge in [-0.25, -0.2) is 0 Å². The Kier molecular flexibility index (Phi) is 5.94. The molecule has 2 aliphatic rings. The van der Waals surface area contributed by atoms with Gasteiger partial charge < -0.3 is 9.84 Å². The molecule has 0 fully saturated rings. The first-order valence-corrected chi connectivity index (χ1v) is 9.26. The summed E-state index contributed by atoms with van der Waals surface area (Å²) in [4.78, 5) is 25.5. The summed E-state index contributed by atoms with van der Waals surface area (Å²) in [5.74, 6) is -0.249. The molecule has 142 valence electrons. The fourth-order valence-electron chi connectivity index (χ4n) is 3.46. The zero-order valence-electron chi connectivity index (χ0n) is 16.7. The smallest absolute Gasteiger partial charge is 0.183 e. The monoisotopic (exact) mass is 358 g/mol. The number of Topliss-reactive ketones (excluding diaryl/α,β-unsaturated/α-hetero) is 2. The first-order chi connectivity index (χ1) is 12.1. The maximum Gasteiger partial charge on any atom is 0.183 e. The van der Waals surface area contributed by atoms with E-state index in [4.69, 9.17) is 4.74 Å². The lowest BCUT2D eigenvalue weighted by molar-refractivity contribution is -0.130. The van der Waals surface area contributed by atoms with Crippen molar-refractivity contribution in [2.75, 3.05) is 0 Å². The van der Waals surface area contributed by atoms with Crippen molar-refractivity contribution in [2.45, 2.75) is 73.3 Å². The number of carbonyl (C=O) groups is 2. The van der Waals surface area contributed by atoms with Gasteiger partial charge in [0.15, 0.2) is 11.6 Å². The minimum atomic E-state index is -1.11. The molecule has 2 atom stereocenters. The Balaban J connectivity index is 2.28. The fraction of sp³-hybridized carbons (Fsp3) is 0.545. The highest BCUT2D eigenvalue weighted by Gasteiger charge is 2.48. The Labute approximate surface area is 156 Å². The second-order valence-electron chi connectivity index (χ2n) is 7.97. The van der Waals surface area contributed by atoms with Crippen molar-refractivity contribution in [1.82, 2.24) is 0 Å². The molecule has 0 radical (unpaired) electrons. The number of ether oxygens (including phenoxy) is 1. The first-order valence-electron chi connectivity index (χ1n) is 9.26. The van der Waals surface area contributed by atoms with Crippen molar-refractivity contribution in [1.29, 1.82) is 0 Å². The normalized spacial score (nSPS) is 26.7. The molecule has 0 aromatic carbocycles. The average molecular weight is 358 g/mol. The van der Waals surface area contributed by atoms with Crippen molar-refractivity contribution >= 4 is 11.6 Å². The summed E-state index contributed by atoms with van der Waals surface area (Å²) in [6.07, 6.45) is 6.34. The van der Waals surface area contributed by atoms with E-state index in [1.807, 2.05) is 13.0 Å². The molecule has 1 heterocycles. The van der Waals surface area contributed by atoms with E-state index < -0.39 is 5.41 Å². The maximum absolute atomic E-state index is 13.1. The molecular formula is C22H30O4. The van der Waals surface area contributed by atoms with Gasteiger partial charge in [-0.15, -0.1) is 0 Å². The number of allylic oxidation sites excluding steroid dienone is 7.